The van der Waals surface area contributed by atoms with Crippen molar-refractivity contribution in [3.05, 3.63) is 24.3 Å². The van der Waals surface area contributed by atoms with E-state index in [1.165, 1.54) is 12.1 Å². The summed E-state index contributed by atoms with van der Waals surface area (Å²) in [7, 11) is 0. The van der Waals surface area contributed by atoms with Crippen LogP contribution in [0.4, 0.5) is 0 Å². The topological polar surface area (TPSA) is 99.4 Å². The highest BCUT2D eigenvalue weighted by Gasteiger charge is 2.27. The number of phenolic OH excluding ortho intramolecular Hbond substituents is 4. The van der Waals surface area contributed by atoms with Gasteiger partial charge < -0.3 is 20.4 Å². The fraction of sp³-hybridized carbons (Fsp3) is 0. The van der Waals surface area contributed by atoms with Crippen LogP contribution < -0.4 is 9.78 Å². The van der Waals surface area contributed by atoms with E-state index in [1.54, 1.807) is 0 Å². The van der Waals surface area contributed by atoms with Crippen LogP contribution in [-0.2, 0) is 0 Å². The third-order valence-corrected chi connectivity index (χ3v) is 2.60. The average molecular weight is 248 g/mol. The SMILES string of the molecule is Oc1cc(O)c2c(c1)OOc1cc(O)cc(O)c1-2. The summed E-state index contributed by atoms with van der Waals surface area (Å²) in [5, 5.41) is 38.3. The van der Waals surface area contributed by atoms with E-state index in [0.29, 0.717) is 0 Å². The van der Waals surface area contributed by atoms with E-state index in [2.05, 4.69) is 0 Å². The first kappa shape index (κ1) is 10.4. The predicted octanol–water partition coefficient (Wildman–Crippen LogP) is 1.86. The summed E-state index contributed by atoms with van der Waals surface area (Å²) in [6.07, 6.45) is 0. The first-order chi connectivity index (χ1) is 8.56. The Kier molecular flexibility index (Phi) is 1.94. The molecule has 92 valence electrons. The Labute approximate surface area is 101 Å². The summed E-state index contributed by atoms with van der Waals surface area (Å²) in [5.74, 6) is -0.791. The van der Waals surface area contributed by atoms with Crippen molar-refractivity contribution in [2.75, 3.05) is 0 Å². The standard InChI is InChI=1S/C12H8O6/c13-5-1-7(15)11-9(3-5)17-18-10-4-6(14)2-8(16)12(10)11/h1-4,13-16H. The van der Waals surface area contributed by atoms with E-state index in [9.17, 15) is 20.4 Å². The largest absolute Gasteiger partial charge is 0.508 e. The lowest BCUT2D eigenvalue weighted by atomic mass is 10.00. The van der Waals surface area contributed by atoms with Crippen molar-refractivity contribution in [2.45, 2.75) is 0 Å². The van der Waals surface area contributed by atoms with E-state index in [0.717, 1.165) is 12.1 Å². The molecule has 2 aromatic rings. The lowest BCUT2D eigenvalue weighted by Crippen LogP contribution is -2.08. The summed E-state index contributed by atoms with van der Waals surface area (Å²) in [4.78, 5) is 9.76. The zero-order valence-electron chi connectivity index (χ0n) is 8.91. The second kappa shape index (κ2) is 3.36. The van der Waals surface area contributed by atoms with Gasteiger partial charge in [-0.25, -0.2) is 0 Å². The normalized spacial score (nSPS) is 12.0. The minimum atomic E-state index is -0.268. The van der Waals surface area contributed by atoms with Crippen LogP contribution in [0.2, 0.25) is 0 Å². The molecule has 6 heteroatoms. The van der Waals surface area contributed by atoms with Crippen LogP contribution in [0.5, 0.6) is 34.5 Å². The monoisotopic (exact) mass is 248 g/mol. The molecule has 0 fully saturated rings. The van der Waals surface area contributed by atoms with E-state index < -0.39 is 0 Å². The van der Waals surface area contributed by atoms with Crippen LogP contribution in [0.3, 0.4) is 0 Å². The average Bonchev–Trinajstić information content (AvgIpc) is 2.28. The van der Waals surface area contributed by atoms with Crippen LogP contribution in [0.15, 0.2) is 24.3 Å². The van der Waals surface area contributed by atoms with Crippen LogP contribution in [-0.4, -0.2) is 20.4 Å². The molecule has 0 atom stereocenters. The Morgan fingerprint density at radius 3 is 1.39 bits per heavy atom. The first-order valence-corrected chi connectivity index (χ1v) is 5.03. The number of fused-ring (bicyclic) bond motifs is 3. The molecular formula is C12H8O6. The number of benzene rings is 2. The summed E-state index contributed by atoms with van der Waals surface area (Å²) >= 11 is 0. The van der Waals surface area contributed by atoms with Crippen molar-refractivity contribution in [3.8, 4) is 45.6 Å². The Hall–Kier alpha value is -2.76. The van der Waals surface area contributed by atoms with Gasteiger partial charge in [0.1, 0.15) is 23.0 Å². The molecule has 0 saturated carbocycles. The van der Waals surface area contributed by atoms with Crippen molar-refractivity contribution < 1.29 is 30.2 Å². The van der Waals surface area contributed by atoms with Crippen LogP contribution in [0, 0.1) is 0 Å². The van der Waals surface area contributed by atoms with E-state index in [-0.39, 0.29) is 45.6 Å². The van der Waals surface area contributed by atoms with Gasteiger partial charge in [-0.05, 0) is 0 Å². The van der Waals surface area contributed by atoms with Gasteiger partial charge in [-0.2, -0.15) is 0 Å². The highest BCUT2D eigenvalue weighted by molar-refractivity contribution is 5.87. The Bertz CT molecular complexity index is 592. The summed E-state index contributed by atoms with van der Waals surface area (Å²) in [5.41, 5.74) is 0.373. The number of hydrogen-bond acceptors (Lipinski definition) is 6. The number of rotatable bonds is 0. The Morgan fingerprint density at radius 1 is 0.611 bits per heavy atom. The molecule has 1 aliphatic heterocycles. The van der Waals surface area contributed by atoms with Crippen molar-refractivity contribution >= 4 is 0 Å². The molecule has 0 bridgehead atoms. The number of hydrogen-bond donors (Lipinski definition) is 4. The molecule has 2 aromatic carbocycles. The second-order valence-electron chi connectivity index (χ2n) is 3.84. The fourth-order valence-corrected chi connectivity index (χ4v) is 1.90. The van der Waals surface area contributed by atoms with Crippen molar-refractivity contribution in [1.29, 1.82) is 0 Å². The van der Waals surface area contributed by atoms with Crippen LogP contribution >= 0.6 is 0 Å². The minimum Gasteiger partial charge on any atom is -0.508 e. The second-order valence-corrected chi connectivity index (χ2v) is 3.84. The molecule has 18 heavy (non-hydrogen) atoms. The molecule has 0 radical (unpaired) electrons. The van der Waals surface area contributed by atoms with Gasteiger partial charge >= 0.3 is 0 Å². The van der Waals surface area contributed by atoms with E-state index in [1.807, 2.05) is 0 Å². The van der Waals surface area contributed by atoms with Gasteiger partial charge in [-0.1, -0.05) is 0 Å². The number of aromatic hydroxyl groups is 4. The van der Waals surface area contributed by atoms with Crippen molar-refractivity contribution in [3.63, 3.8) is 0 Å². The molecular weight excluding hydrogens is 240 g/mol. The third kappa shape index (κ3) is 1.36. The van der Waals surface area contributed by atoms with Gasteiger partial charge in [0, 0.05) is 24.3 Å². The molecule has 0 aliphatic carbocycles. The summed E-state index contributed by atoms with van der Waals surface area (Å²) < 4.78 is 0. The molecule has 4 N–H and O–H groups in total. The lowest BCUT2D eigenvalue weighted by Gasteiger charge is -2.21. The van der Waals surface area contributed by atoms with Crippen LogP contribution in [0.1, 0.15) is 0 Å². The molecule has 3 rings (SSSR count). The van der Waals surface area contributed by atoms with Gasteiger partial charge in [0.25, 0.3) is 0 Å². The maximum Gasteiger partial charge on any atom is 0.194 e. The van der Waals surface area contributed by atoms with Gasteiger partial charge in [-0.3, -0.25) is 9.78 Å². The maximum atomic E-state index is 9.81. The molecule has 0 aromatic heterocycles. The molecule has 6 nitrogen and oxygen atoms in total. The van der Waals surface area contributed by atoms with E-state index >= 15 is 0 Å². The fourth-order valence-electron chi connectivity index (χ4n) is 1.90. The van der Waals surface area contributed by atoms with Crippen LogP contribution in [0.25, 0.3) is 11.1 Å². The molecule has 0 saturated heterocycles. The molecule has 1 heterocycles. The summed E-state index contributed by atoms with van der Waals surface area (Å²) in [6, 6.07) is 4.71. The maximum absolute atomic E-state index is 9.81. The molecule has 0 spiro atoms. The smallest absolute Gasteiger partial charge is 0.194 e. The first-order valence-electron chi connectivity index (χ1n) is 5.03. The number of phenols is 4. The van der Waals surface area contributed by atoms with Gasteiger partial charge in [0.2, 0.25) is 0 Å². The zero-order valence-corrected chi connectivity index (χ0v) is 8.91. The van der Waals surface area contributed by atoms with Gasteiger partial charge in [-0.15, -0.1) is 0 Å². The predicted molar refractivity (Wildman–Crippen MR) is 59.8 cm³/mol. The highest BCUT2D eigenvalue weighted by atomic mass is 17.2. The molecule has 0 unspecified atom stereocenters. The summed E-state index contributed by atoms with van der Waals surface area (Å²) in [6.45, 7) is 0. The van der Waals surface area contributed by atoms with E-state index in [4.69, 9.17) is 9.78 Å². The third-order valence-electron chi connectivity index (χ3n) is 2.60. The van der Waals surface area contributed by atoms with Crippen molar-refractivity contribution in [2.24, 2.45) is 0 Å². The Balaban J connectivity index is 2.35. The quantitative estimate of drug-likeness (QED) is 0.531. The lowest BCUT2D eigenvalue weighted by molar-refractivity contribution is -0.103. The Morgan fingerprint density at radius 2 is 1.00 bits per heavy atom. The van der Waals surface area contributed by atoms with Gasteiger partial charge in [0.05, 0.1) is 11.1 Å². The van der Waals surface area contributed by atoms with Gasteiger partial charge in [0.15, 0.2) is 11.5 Å². The highest BCUT2D eigenvalue weighted by Crippen LogP contribution is 2.52. The molecule has 1 aliphatic rings. The zero-order chi connectivity index (χ0) is 12.9. The minimum absolute atomic E-state index is 0.0704. The molecule has 0 amide bonds. The van der Waals surface area contributed by atoms with Crippen molar-refractivity contribution in [1.82, 2.24) is 0 Å².